The highest BCUT2D eigenvalue weighted by Crippen LogP contribution is 2.17. The Morgan fingerprint density at radius 3 is 2.61 bits per heavy atom. The molecule has 0 fully saturated rings. The lowest BCUT2D eigenvalue weighted by molar-refractivity contribution is -0.117. The summed E-state index contributed by atoms with van der Waals surface area (Å²) in [6, 6.07) is 0. The van der Waals surface area contributed by atoms with Crippen molar-refractivity contribution >= 4 is 21.9 Å². The van der Waals surface area contributed by atoms with Crippen LogP contribution >= 0.6 is 0 Å². The first-order chi connectivity index (χ1) is 8.25. The number of nitrogens with one attached hydrogen (secondary N) is 2. The Hall–Kier alpha value is -1.94. The van der Waals surface area contributed by atoms with Crippen molar-refractivity contribution < 1.29 is 23.1 Å². The van der Waals surface area contributed by atoms with Crippen molar-refractivity contribution in [1.82, 2.24) is 14.9 Å². The fourth-order valence-corrected chi connectivity index (χ4v) is 2.62. The van der Waals surface area contributed by atoms with Gasteiger partial charge in [-0.2, -0.15) is 5.10 Å². The van der Waals surface area contributed by atoms with Crippen LogP contribution in [0.5, 0.6) is 0 Å². The van der Waals surface area contributed by atoms with Gasteiger partial charge in [-0.3, -0.25) is 9.89 Å². The number of H-pyrrole nitrogens is 1. The van der Waals surface area contributed by atoms with E-state index >= 15 is 0 Å². The maximum Gasteiger partial charge on any atom is 0.357 e. The minimum Gasteiger partial charge on any atom is -0.476 e. The SMILES string of the molecule is Cc1[nH]nc(C(=O)O)c1S(=O)(=O)NCCC(N)=O. The molecular formula is C8H12N4O5S. The zero-order chi connectivity index (χ0) is 13.9. The molecule has 0 aliphatic carbocycles. The predicted molar refractivity (Wildman–Crippen MR) is 59.3 cm³/mol. The van der Waals surface area contributed by atoms with Crippen LogP contribution < -0.4 is 10.5 Å². The Kier molecular flexibility index (Phi) is 4.03. The Bertz CT molecular complexity index is 576. The fourth-order valence-electron chi connectivity index (χ4n) is 1.27. The molecule has 5 N–H and O–H groups in total. The van der Waals surface area contributed by atoms with Gasteiger partial charge in [-0.15, -0.1) is 0 Å². The van der Waals surface area contributed by atoms with Gasteiger partial charge in [-0.1, -0.05) is 0 Å². The van der Waals surface area contributed by atoms with Gasteiger partial charge >= 0.3 is 5.97 Å². The minimum absolute atomic E-state index is 0.0963. The molecule has 1 heterocycles. The topological polar surface area (TPSA) is 155 Å². The van der Waals surface area contributed by atoms with E-state index < -0.39 is 32.5 Å². The number of rotatable bonds is 6. The predicted octanol–water partition coefficient (Wildman–Crippen LogP) is -1.43. The highest BCUT2D eigenvalue weighted by Gasteiger charge is 2.27. The van der Waals surface area contributed by atoms with Gasteiger partial charge in [0.05, 0.1) is 5.69 Å². The third-order valence-electron chi connectivity index (χ3n) is 2.03. The molecule has 100 valence electrons. The number of aromatic carboxylic acids is 1. The number of sulfonamides is 1. The van der Waals surface area contributed by atoms with Crippen LogP contribution in [0, 0.1) is 6.92 Å². The molecule has 0 saturated heterocycles. The molecule has 0 aliphatic heterocycles. The van der Waals surface area contributed by atoms with E-state index in [4.69, 9.17) is 10.8 Å². The first kappa shape index (κ1) is 14.1. The van der Waals surface area contributed by atoms with E-state index in [0.29, 0.717) is 0 Å². The second-order valence-corrected chi connectivity index (χ2v) is 5.15. The molecule has 10 heteroatoms. The van der Waals surface area contributed by atoms with Gasteiger partial charge in [0.1, 0.15) is 4.90 Å². The van der Waals surface area contributed by atoms with Crippen LogP contribution in [0.2, 0.25) is 0 Å². The molecule has 0 radical (unpaired) electrons. The molecule has 0 unspecified atom stereocenters. The van der Waals surface area contributed by atoms with Crippen LogP contribution in [0.25, 0.3) is 0 Å². The molecule has 0 atom stereocenters. The smallest absolute Gasteiger partial charge is 0.357 e. The second kappa shape index (κ2) is 5.14. The Balaban J connectivity index is 3.01. The third-order valence-corrected chi connectivity index (χ3v) is 3.65. The van der Waals surface area contributed by atoms with Gasteiger partial charge in [0.15, 0.2) is 5.69 Å². The van der Waals surface area contributed by atoms with Crippen molar-refractivity contribution in [1.29, 1.82) is 0 Å². The number of carbonyl (C=O) groups excluding carboxylic acids is 1. The molecular weight excluding hydrogens is 264 g/mol. The normalized spacial score (nSPS) is 11.4. The highest BCUT2D eigenvalue weighted by atomic mass is 32.2. The zero-order valence-electron chi connectivity index (χ0n) is 9.43. The summed E-state index contributed by atoms with van der Waals surface area (Å²) in [7, 11) is -4.05. The minimum atomic E-state index is -4.05. The summed E-state index contributed by atoms with van der Waals surface area (Å²) in [6.07, 6.45) is -0.182. The molecule has 9 nitrogen and oxygen atoms in total. The summed E-state index contributed by atoms with van der Waals surface area (Å²) in [6.45, 7) is 1.17. The van der Waals surface area contributed by atoms with Crippen molar-refractivity contribution in [2.75, 3.05) is 6.54 Å². The number of amides is 1. The van der Waals surface area contributed by atoms with E-state index in [-0.39, 0.29) is 18.7 Å². The molecule has 0 aromatic carbocycles. The quantitative estimate of drug-likeness (QED) is 0.499. The van der Waals surface area contributed by atoms with Crippen LogP contribution in [-0.2, 0) is 14.8 Å². The third kappa shape index (κ3) is 3.05. The Morgan fingerprint density at radius 2 is 2.11 bits per heavy atom. The van der Waals surface area contributed by atoms with Gasteiger partial charge < -0.3 is 10.8 Å². The molecule has 0 bridgehead atoms. The molecule has 18 heavy (non-hydrogen) atoms. The molecule has 1 amide bonds. The van der Waals surface area contributed by atoms with Crippen molar-refractivity contribution in [3.63, 3.8) is 0 Å². The summed E-state index contributed by atoms with van der Waals surface area (Å²) in [5.74, 6) is -2.13. The lowest BCUT2D eigenvalue weighted by Gasteiger charge is -2.05. The van der Waals surface area contributed by atoms with Crippen molar-refractivity contribution in [2.24, 2.45) is 5.73 Å². The van der Waals surface area contributed by atoms with Gasteiger partial charge in [-0.05, 0) is 6.92 Å². The first-order valence-electron chi connectivity index (χ1n) is 4.82. The Labute approximate surface area is 102 Å². The van der Waals surface area contributed by atoms with Crippen molar-refractivity contribution in [2.45, 2.75) is 18.2 Å². The summed E-state index contributed by atoms with van der Waals surface area (Å²) < 4.78 is 25.7. The van der Waals surface area contributed by atoms with Crippen LogP contribution in [-0.4, -0.2) is 42.1 Å². The van der Waals surface area contributed by atoms with E-state index in [1.54, 1.807) is 0 Å². The average molecular weight is 276 g/mol. The monoisotopic (exact) mass is 276 g/mol. The summed E-state index contributed by atoms with van der Waals surface area (Å²) >= 11 is 0. The van der Waals surface area contributed by atoms with Crippen LogP contribution in [0.1, 0.15) is 22.6 Å². The molecule has 1 aromatic rings. The number of carboxylic acids is 1. The van der Waals surface area contributed by atoms with E-state index in [2.05, 4.69) is 14.9 Å². The number of aromatic amines is 1. The molecule has 0 aliphatic rings. The zero-order valence-corrected chi connectivity index (χ0v) is 10.2. The van der Waals surface area contributed by atoms with Crippen LogP contribution in [0.15, 0.2) is 4.90 Å². The maximum atomic E-state index is 11.8. The standard InChI is InChI=1S/C8H12N4O5S/c1-4-7(6(8(14)15)12-11-4)18(16,17)10-3-2-5(9)13/h10H,2-3H2,1H3,(H2,9,13)(H,11,12)(H,14,15). The largest absolute Gasteiger partial charge is 0.476 e. The highest BCUT2D eigenvalue weighted by molar-refractivity contribution is 7.89. The summed E-state index contributed by atoms with van der Waals surface area (Å²) in [5, 5.41) is 14.5. The van der Waals surface area contributed by atoms with Crippen LogP contribution in [0.4, 0.5) is 0 Å². The number of hydrogen-bond acceptors (Lipinski definition) is 5. The number of aryl methyl sites for hydroxylation is 1. The lowest BCUT2D eigenvalue weighted by atomic mass is 10.4. The molecule has 1 rings (SSSR count). The average Bonchev–Trinajstić information content (AvgIpc) is 2.59. The number of primary amides is 1. The fraction of sp³-hybridized carbons (Fsp3) is 0.375. The van der Waals surface area contributed by atoms with Crippen molar-refractivity contribution in [3.05, 3.63) is 11.4 Å². The van der Waals surface area contributed by atoms with E-state index in [9.17, 15) is 18.0 Å². The van der Waals surface area contributed by atoms with Crippen molar-refractivity contribution in [3.8, 4) is 0 Å². The van der Waals surface area contributed by atoms with E-state index in [1.807, 2.05) is 0 Å². The van der Waals surface area contributed by atoms with Gasteiger partial charge in [-0.25, -0.2) is 17.9 Å². The number of carboxylic acid groups (broad SMARTS) is 1. The lowest BCUT2D eigenvalue weighted by Crippen LogP contribution is -2.29. The molecule has 0 spiro atoms. The van der Waals surface area contributed by atoms with Gasteiger partial charge in [0.25, 0.3) is 0 Å². The van der Waals surface area contributed by atoms with E-state index in [0.717, 1.165) is 0 Å². The van der Waals surface area contributed by atoms with Crippen LogP contribution in [0.3, 0.4) is 0 Å². The van der Waals surface area contributed by atoms with Gasteiger partial charge in [0, 0.05) is 13.0 Å². The molecule has 1 aromatic heterocycles. The number of nitrogens with two attached hydrogens (primary N) is 1. The number of nitrogens with zero attached hydrogens (tertiary/aromatic N) is 1. The molecule has 0 saturated carbocycles. The van der Waals surface area contributed by atoms with Gasteiger partial charge in [0.2, 0.25) is 15.9 Å². The second-order valence-electron chi connectivity index (χ2n) is 3.45. The first-order valence-corrected chi connectivity index (χ1v) is 6.30. The number of carbonyl (C=O) groups is 2. The number of aromatic nitrogens is 2. The Morgan fingerprint density at radius 1 is 1.50 bits per heavy atom. The van der Waals surface area contributed by atoms with E-state index in [1.165, 1.54) is 6.92 Å². The maximum absolute atomic E-state index is 11.8. The summed E-state index contributed by atoms with van der Waals surface area (Å²) in [4.78, 5) is 20.9. The number of hydrogen-bond donors (Lipinski definition) is 4. The summed E-state index contributed by atoms with van der Waals surface area (Å²) in [5.41, 5.74) is 4.36.